The molecule has 2 aromatic rings. The van der Waals surface area contributed by atoms with E-state index < -0.39 is 17.9 Å². The largest absolute Gasteiger partial charge is 0.496 e. The van der Waals surface area contributed by atoms with Crippen LogP contribution in [0, 0.1) is 0 Å². The van der Waals surface area contributed by atoms with Crippen LogP contribution in [-0.2, 0) is 20.7 Å². The average Bonchev–Trinajstić information content (AvgIpc) is 3.06. The molecule has 0 saturated carbocycles. The van der Waals surface area contributed by atoms with E-state index in [0.29, 0.717) is 28.0 Å². The molecule has 0 unspecified atom stereocenters. The fourth-order valence-corrected chi connectivity index (χ4v) is 3.44. The number of methoxy groups -OCH3 is 1. The summed E-state index contributed by atoms with van der Waals surface area (Å²) in [6, 6.07) is 2.91. The van der Waals surface area contributed by atoms with E-state index in [9.17, 15) is 14.4 Å². The van der Waals surface area contributed by atoms with Crippen LogP contribution in [0.3, 0.4) is 0 Å². The Morgan fingerprint density at radius 3 is 2.84 bits per heavy atom. The Morgan fingerprint density at radius 1 is 1.32 bits per heavy atom. The minimum Gasteiger partial charge on any atom is -0.496 e. The number of fused-ring (bicyclic) bond motifs is 5. The van der Waals surface area contributed by atoms with Gasteiger partial charge in [-0.05, 0) is 12.0 Å². The van der Waals surface area contributed by atoms with Crippen LogP contribution in [0.4, 0.5) is 0 Å². The van der Waals surface area contributed by atoms with Crippen molar-refractivity contribution >= 4 is 22.9 Å². The van der Waals surface area contributed by atoms with E-state index in [1.807, 2.05) is 0 Å². The molecule has 1 aromatic carbocycles. The van der Waals surface area contributed by atoms with Crippen molar-refractivity contribution in [2.45, 2.75) is 31.5 Å². The molecule has 2 aliphatic rings. The molecule has 8 nitrogen and oxygen atoms in total. The van der Waals surface area contributed by atoms with E-state index in [1.54, 1.807) is 6.07 Å². The summed E-state index contributed by atoms with van der Waals surface area (Å²) < 4.78 is 21.6. The highest BCUT2D eigenvalue weighted by atomic mass is 16.7. The van der Waals surface area contributed by atoms with Gasteiger partial charge in [0, 0.05) is 24.1 Å². The lowest BCUT2D eigenvalue weighted by atomic mass is 9.93. The maximum atomic E-state index is 12.0. The molecule has 1 N–H and O–H groups in total. The van der Waals surface area contributed by atoms with Gasteiger partial charge in [-0.3, -0.25) is 9.59 Å². The lowest BCUT2D eigenvalue weighted by molar-refractivity contribution is -0.150. The number of benzene rings is 1. The molecule has 130 valence electrons. The number of hydrogen-bond acceptors (Lipinski definition) is 7. The van der Waals surface area contributed by atoms with Crippen LogP contribution < -0.4 is 15.1 Å². The topological polar surface area (TPSA) is 112 Å². The number of carboxylic acid groups (broad SMARTS) is 1. The van der Waals surface area contributed by atoms with Crippen LogP contribution in [0.25, 0.3) is 11.0 Å². The van der Waals surface area contributed by atoms with E-state index in [0.717, 1.165) is 0 Å². The standard InChI is InChI=1S/C17H14O8/c1-22-9-6-10-15(8-5-13(21)25-17(8)23-10)16-14(9)7(2-3-11(18)19)4-12(20)24-16/h4,6,8,17H,2-3,5H2,1H3,(H,18,19)/t8-,17-/m0/s1. The van der Waals surface area contributed by atoms with E-state index in [4.69, 9.17) is 23.7 Å². The Balaban J connectivity index is 1.96. The molecule has 0 amide bonds. The van der Waals surface area contributed by atoms with Gasteiger partial charge in [0.05, 0.1) is 24.8 Å². The first-order valence-electron chi connectivity index (χ1n) is 7.73. The van der Waals surface area contributed by atoms with E-state index >= 15 is 0 Å². The Labute approximate surface area is 140 Å². The van der Waals surface area contributed by atoms with Gasteiger partial charge >= 0.3 is 17.6 Å². The molecule has 0 spiro atoms. The zero-order valence-electron chi connectivity index (χ0n) is 13.2. The quantitative estimate of drug-likeness (QED) is 0.656. The highest BCUT2D eigenvalue weighted by molar-refractivity contribution is 5.93. The molecule has 0 aliphatic carbocycles. The van der Waals surface area contributed by atoms with Gasteiger partial charge in [0.15, 0.2) is 0 Å². The van der Waals surface area contributed by atoms with Gasteiger partial charge in [-0.2, -0.15) is 0 Å². The van der Waals surface area contributed by atoms with Crippen LogP contribution in [0.15, 0.2) is 21.3 Å². The molecular weight excluding hydrogens is 332 g/mol. The Hall–Kier alpha value is -3.03. The highest BCUT2D eigenvalue weighted by Crippen LogP contribution is 2.50. The normalized spacial score (nSPS) is 20.8. The van der Waals surface area contributed by atoms with Crippen molar-refractivity contribution in [3.05, 3.63) is 33.7 Å². The maximum Gasteiger partial charge on any atom is 0.336 e. The second kappa shape index (κ2) is 5.51. The third-order valence-electron chi connectivity index (χ3n) is 4.47. The molecule has 1 aromatic heterocycles. The fourth-order valence-electron chi connectivity index (χ4n) is 3.44. The Kier molecular flexibility index (Phi) is 3.41. The summed E-state index contributed by atoms with van der Waals surface area (Å²) in [6.45, 7) is 0. The molecule has 8 heteroatoms. The molecule has 4 rings (SSSR count). The number of carboxylic acids is 1. The van der Waals surface area contributed by atoms with Crippen LogP contribution in [0.5, 0.6) is 11.5 Å². The van der Waals surface area contributed by atoms with Gasteiger partial charge in [-0.25, -0.2) is 4.79 Å². The molecule has 1 saturated heterocycles. The minimum absolute atomic E-state index is 0.127. The SMILES string of the molecule is COc1cc2c(c3oc(=O)cc(CCC(=O)O)c13)[C@@H]1CC(=O)O[C@@H]1O2. The van der Waals surface area contributed by atoms with E-state index in [2.05, 4.69) is 0 Å². The average molecular weight is 346 g/mol. The van der Waals surface area contributed by atoms with Crippen molar-refractivity contribution < 1.29 is 33.3 Å². The smallest absolute Gasteiger partial charge is 0.336 e. The van der Waals surface area contributed by atoms with Gasteiger partial charge in [0.25, 0.3) is 6.29 Å². The molecule has 2 aliphatic heterocycles. The number of carbonyl (C=O) groups excluding carboxylic acids is 1. The lowest BCUT2D eigenvalue weighted by Gasteiger charge is -2.13. The monoisotopic (exact) mass is 346 g/mol. The van der Waals surface area contributed by atoms with Crippen molar-refractivity contribution in [2.75, 3.05) is 7.11 Å². The summed E-state index contributed by atoms with van der Waals surface area (Å²) >= 11 is 0. The van der Waals surface area contributed by atoms with Crippen LogP contribution in [0.1, 0.15) is 29.9 Å². The van der Waals surface area contributed by atoms with Crippen LogP contribution in [0.2, 0.25) is 0 Å². The summed E-state index contributed by atoms with van der Waals surface area (Å²) in [7, 11) is 1.46. The Morgan fingerprint density at radius 2 is 2.12 bits per heavy atom. The molecule has 2 atom stereocenters. The van der Waals surface area contributed by atoms with Crippen molar-refractivity contribution in [1.29, 1.82) is 0 Å². The Bertz CT molecular complexity index is 957. The highest BCUT2D eigenvalue weighted by Gasteiger charge is 2.46. The summed E-state index contributed by atoms with van der Waals surface area (Å²) in [4.78, 5) is 34.5. The van der Waals surface area contributed by atoms with Gasteiger partial charge < -0.3 is 23.7 Å². The number of hydrogen-bond donors (Lipinski definition) is 1. The number of ether oxygens (including phenoxy) is 3. The summed E-state index contributed by atoms with van der Waals surface area (Å²) in [5.74, 6) is -0.878. The number of aryl methyl sites for hydroxylation is 1. The van der Waals surface area contributed by atoms with Crippen LogP contribution in [-0.4, -0.2) is 30.4 Å². The van der Waals surface area contributed by atoms with E-state index in [-0.39, 0.29) is 36.7 Å². The molecule has 0 radical (unpaired) electrons. The fraction of sp³-hybridized carbons (Fsp3) is 0.353. The predicted octanol–water partition coefficient (Wildman–Crippen LogP) is 1.57. The summed E-state index contributed by atoms with van der Waals surface area (Å²) in [5.41, 5.74) is 0.757. The number of aliphatic carboxylic acids is 1. The number of esters is 1. The van der Waals surface area contributed by atoms with Gasteiger partial charge in [-0.15, -0.1) is 0 Å². The molecule has 0 bridgehead atoms. The molecular formula is C17H14O8. The van der Waals surface area contributed by atoms with Gasteiger partial charge in [0.2, 0.25) is 0 Å². The van der Waals surface area contributed by atoms with Crippen molar-refractivity contribution in [3.8, 4) is 11.5 Å². The third kappa shape index (κ3) is 2.41. The summed E-state index contributed by atoms with van der Waals surface area (Å²) in [6.07, 6.45) is -0.604. The first-order chi connectivity index (χ1) is 12.0. The first kappa shape index (κ1) is 15.5. The van der Waals surface area contributed by atoms with Crippen molar-refractivity contribution in [1.82, 2.24) is 0 Å². The van der Waals surface area contributed by atoms with Crippen LogP contribution >= 0.6 is 0 Å². The summed E-state index contributed by atoms with van der Waals surface area (Å²) in [5, 5.41) is 9.46. The minimum atomic E-state index is -0.972. The second-order valence-corrected chi connectivity index (χ2v) is 5.97. The van der Waals surface area contributed by atoms with Crippen molar-refractivity contribution in [2.24, 2.45) is 0 Å². The van der Waals surface area contributed by atoms with Gasteiger partial charge in [0.1, 0.15) is 17.1 Å². The maximum absolute atomic E-state index is 12.0. The zero-order valence-corrected chi connectivity index (χ0v) is 13.2. The number of carbonyl (C=O) groups is 2. The van der Waals surface area contributed by atoms with Crippen molar-refractivity contribution in [3.63, 3.8) is 0 Å². The predicted molar refractivity (Wildman–Crippen MR) is 82.9 cm³/mol. The molecule has 3 heterocycles. The third-order valence-corrected chi connectivity index (χ3v) is 4.47. The van der Waals surface area contributed by atoms with Gasteiger partial charge in [-0.1, -0.05) is 0 Å². The molecule has 25 heavy (non-hydrogen) atoms. The van der Waals surface area contributed by atoms with E-state index in [1.165, 1.54) is 13.2 Å². The number of rotatable bonds is 4. The molecule has 1 fully saturated rings. The second-order valence-electron chi connectivity index (χ2n) is 5.97. The zero-order chi connectivity index (χ0) is 17.7. The first-order valence-corrected chi connectivity index (χ1v) is 7.73. The lowest BCUT2D eigenvalue weighted by Crippen LogP contribution is -2.14.